The van der Waals surface area contributed by atoms with Gasteiger partial charge in [0.05, 0.1) is 5.69 Å². The second-order valence-corrected chi connectivity index (χ2v) is 4.52. The molecule has 22 heavy (non-hydrogen) atoms. The molecule has 110 valence electrons. The minimum absolute atomic E-state index is 0.0990. The van der Waals surface area contributed by atoms with E-state index in [-0.39, 0.29) is 5.69 Å². The molecule has 0 radical (unpaired) electrons. The summed E-state index contributed by atoms with van der Waals surface area (Å²) in [4.78, 5) is 15.5. The quantitative estimate of drug-likeness (QED) is 0.742. The maximum absolute atomic E-state index is 11.3. The van der Waals surface area contributed by atoms with Crippen molar-refractivity contribution in [2.24, 2.45) is 5.73 Å². The molecule has 0 aliphatic carbocycles. The zero-order chi connectivity index (χ0) is 15.4. The number of nitrogens with zero attached hydrogens (tertiary/aromatic N) is 3. The van der Waals surface area contributed by atoms with Crippen LogP contribution in [0, 0.1) is 0 Å². The molecular formula is C15H13N5O2. The molecule has 0 saturated heterocycles. The molecule has 2 heterocycles. The van der Waals surface area contributed by atoms with Crippen molar-refractivity contribution < 1.29 is 9.53 Å². The van der Waals surface area contributed by atoms with Crippen LogP contribution < -0.4 is 10.5 Å². The molecular weight excluding hydrogens is 282 g/mol. The Kier molecular flexibility index (Phi) is 3.78. The first-order chi connectivity index (χ1) is 10.7. The first-order valence-corrected chi connectivity index (χ1v) is 6.58. The summed E-state index contributed by atoms with van der Waals surface area (Å²) in [5, 5.41) is 10.1. The van der Waals surface area contributed by atoms with E-state index in [2.05, 4.69) is 20.4 Å². The minimum Gasteiger partial charge on any atom is -0.487 e. The summed E-state index contributed by atoms with van der Waals surface area (Å²) in [6, 6.07) is 12.8. The fraction of sp³-hybridized carbons (Fsp3) is 0.0667. The Morgan fingerprint density at radius 1 is 1.18 bits per heavy atom. The summed E-state index contributed by atoms with van der Waals surface area (Å²) in [5.74, 6) is 0.00475. The number of nitrogens with two attached hydrogens (primary N) is 1. The zero-order valence-corrected chi connectivity index (χ0v) is 11.6. The number of amides is 1. The van der Waals surface area contributed by atoms with Crippen LogP contribution in [-0.4, -0.2) is 26.3 Å². The second kappa shape index (κ2) is 6.04. The number of ether oxygens (including phenoxy) is 1. The first kappa shape index (κ1) is 13.7. The van der Waals surface area contributed by atoms with Gasteiger partial charge in [-0.05, 0) is 24.3 Å². The van der Waals surface area contributed by atoms with Gasteiger partial charge >= 0.3 is 0 Å². The normalized spacial score (nSPS) is 10.4. The number of hydrogen-bond donors (Lipinski definition) is 2. The number of nitrogens with one attached hydrogen (secondary N) is 1. The maximum Gasteiger partial charge on any atom is 0.271 e. The Morgan fingerprint density at radius 3 is 2.86 bits per heavy atom. The van der Waals surface area contributed by atoms with Crippen LogP contribution in [0.15, 0.2) is 48.7 Å². The number of H-pyrrole nitrogens is 1. The van der Waals surface area contributed by atoms with Crippen molar-refractivity contribution in [3.05, 3.63) is 60.0 Å². The van der Waals surface area contributed by atoms with Crippen molar-refractivity contribution in [2.45, 2.75) is 6.61 Å². The molecule has 0 unspecified atom stereocenters. The highest BCUT2D eigenvalue weighted by Crippen LogP contribution is 2.24. The third kappa shape index (κ3) is 2.93. The van der Waals surface area contributed by atoms with Crippen LogP contribution in [0.3, 0.4) is 0 Å². The fourth-order valence-electron chi connectivity index (χ4n) is 1.98. The average molecular weight is 295 g/mol. The lowest BCUT2D eigenvalue weighted by molar-refractivity contribution is 0.0996. The number of benzene rings is 1. The molecule has 0 saturated carbocycles. The van der Waals surface area contributed by atoms with Gasteiger partial charge in [0.2, 0.25) is 0 Å². The molecule has 3 rings (SSSR count). The molecule has 0 bridgehead atoms. The SMILES string of the molecule is NC(=O)c1n[nH]nc1-c1cccc(OCc2ccccn2)c1. The van der Waals surface area contributed by atoms with E-state index in [0.717, 1.165) is 5.69 Å². The molecule has 0 atom stereocenters. The summed E-state index contributed by atoms with van der Waals surface area (Å²) in [7, 11) is 0. The van der Waals surface area contributed by atoms with Crippen LogP contribution in [0.4, 0.5) is 0 Å². The lowest BCUT2D eigenvalue weighted by Gasteiger charge is -2.07. The molecule has 3 N–H and O–H groups in total. The summed E-state index contributed by atoms with van der Waals surface area (Å²) < 4.78 is 5.69. The Hall–Kier alpha value is -3.22. The standard InChI is InChI=1S/C15H13N5O2/c16-15(21)14-13(18-20-19-14)10-4-3-6-12(8-10)22-9-11-5-1-2-7-17-11/h1-8H,9H2,(H2,16,21)(H,18,19,20). The van der Waals surface area contributed by atoms with E-state index in [1.807, 2.05) is 30.3 Å². The number of carbonyl (C=O) groups excluding carboxylic acids is 1. The van der Waals surface area contributed by atoms with Gasteiger partial charge in [-0.15, -0.1) is 0 Å². The molecule has 0 spiro atoms. The van der Waals surface area contributed by atoms with Crippen molar-refractivity contribution in [1.29, 1.82) is 0 Å². The molecule has 3 aromatic rings. The fourth-order valence-corrected chi connectivity index (χ4v) is 1.98. The number of carbonyl (C=O) groups is 1. The third-order valence-corrected chi connectivity index (χ3v) is 3.00. The van der Waals surface area contributed by atoms with Crippen molar-refractivity contribution in [2.75, 3.05) is 0 Å². The van der Waals surface area contributed by atoms with Crippen LogP contribution in [0.5, 0.6) is 5.75 Å². The zero-order valence-electron chi connectivity index (χ0n) is 11.6. The van der Waals surface area contributed by atoms with E-state index in [1.54, 1.807) is 18.3 Å². The maximum atomic E-state index is 11.3. The number of hydrogen-bond acceptors (Lipinski definition) is 5. The van der Waals surface area contributed by atoms with Crippen molar-refractivity contribution in [1.82, 2.24) is 20.4 Å². The predicted octanol–water partition coefficient (Wildman–Crippen LogP) is 1.54. The highest BCUT2D eigenvalue weighted by molar-refractivity contribution is 5.96. The van der Waals surface area contributed by atoms with Crippen LogP contribution in [-0.2, 0) is 6.61 Å². The van der Waals surface area contributed by atoms with E-state index in [1.165, 1.54) is 0 Å². The second-order valence-electron chi connectivity index (χ2n) is 4.52. The van der Waals surface area contributed by atoms with Crippen LogP contribution in [0.25, 0.3) is 11.3 Å². The van der Waals surface area contributed by atoms with E-state index in [0.29, 0.717) is 23.6 Å². The van der Waals surface area contributed by atoms with Gasteiger partial charge in [0.25, 0.3) is 5.91 Å². The topological polar surface area (TPSA) is 107 Å². The summed E-state index contributed by atoms with van der Waals surface area (Å²) in [6.07, 6.45) is 1.71. The van der Waals surface area contributed by atoms with Gasteiger partial charge < -0.3 is 10.5 Å². The van der Waals surface area contributed by atoms with E-state index >= 15 is 0 Å². The number of aromatic amines is 1. The van der Waals surface area contributed by atoms with Gasteiger partial charge in [0, 0.05) is 11.8 Å². The number of primary amides is 1. The van der Waals surface area contributed by atoms with E-state index in [4.69, 9.17) is 10.5 Å². The molecule has 0 aliphatic heterocycles. The predicted molar refractivity (Wildman–Crippen MR) is 78.9 cm³/mol. The highest BCUT2D eigenvalue weighted by atomic mass is 16.5. The lowest BCUT2D eigenvalue weighted by Crippen LogP contribution is -2.12. The monoisotopic (exact) mass is 295 g/mol. The highest BCUT2D eigenvalue weighted by Gasteiger charge is 2.15. The van der Waals surface area contributed by atoms with Gasteiger partial charge in [-0.3, -0.25) is 9.78 Å². The molecule has 7 heteroatoms. The first-order valence-electron chi connectivity index (χ1n) is 6.58. The van der Waals surface area contributed by atoms with Crippen molar-refractivity contribution >= 4 is 5.91 Å². The summed E-state index contributed by atoms with van der Waals surface area (Å²) in [5.41, 5.74) is 7.29. The summed E-state index contributed by atoms with van der Waals surface area (Å²) in [6.45, 7) is 0.353. The Morgan fingerprint density at radius 2 is 2.09 bits per heavy atom. The molecule has 1 aromatic carbocycles. The Labute approximate surface area is 126 Å². The van der Waals surface area contributed by atoms with Gasteiger partial charge in [-0.2, -0.15) is 15.4 Å². The van der Waals surface area contributed by atoms with Crippen LogP contribution >= 0.6 is 0 Å². The van der Waals surface area contributed by atoms with Crippen LogP contribution in [0.2, 0.25) is 0 Å². The third-order valence-electron chi connectivity index (χ3n) is 3.00. The molecule has 2 aromatic heterocycles. The minimum atomic E-state index is -0.636. The molecule has 7 nitrogen and oxygen atoms in total. The van der Waals surface area contributed by atoms with Gasteiger partial charge in [-0.25, -0.2) is 0 Å². The average Bonchev–Trinajstić information content (AvgIpc) is 3.04. The van der Waals surface area contributed by atoms with Gasteiger partial charge in [0.15, 0.2) is 5.69 Å². The van der Waals surface area contributed by atoms with E-state index < -0.39 is 5.91 Å². The Bertz CT molecular complexity index is 785. The van der Waals surface area contributed by atoms with Crippen molar-refractivity contribution in [3.63, 3.8) is 0 Å². The molecule has 0 aliphatic rings. The summed E-state index contributed by atoms with van der Waals surface area (Å²) >= 11 is 0. The van der Waals surface area contributed by atoms with Crippen molar-refractivity contribution in [3.8, 4) is 17.0 Å². The van der Waals surface area contributed by atoms with Gasteiger partial charge in [-0.1, -0.05) is 18.2 Å². The Balaban J connectivity index is 1.81. The largest absolute Gasteiger partial charge is 0.487 e. The van der Waals surface area contributed by atoms with Crippen LogP contribution in [0.1, 0.15) is 16.2 Å². The van der Waals surface area contributed by atoms with E-state index in [9.17, 15) is 4.79 Å². The lowest BCUT2D eigenvalue weighted by atomic mass is 10.1. The smallest absolute Gasteiger partial charge is 0.271 e. The number of rotatable bonds is 5. The number of pyridine rings is 1. The molecule has 0 fully saturated rings. The number of aromatic nitrogens is 4. The van der Waals surface area contributed by atoms with Gasteiger partial charge in [0.1, 0.15) is 18.1 Å². The molecule has 1 amide bonds.